The van der Waals surface area contributed by atoms with Crippen molar-refractivity contribution < 1.29 is 23.1 Å². The van der Waals surface area contributed by atoms with Gasteiger partial charge in [-0.15, -0.1) is 0 Å². The molecule has 0 radical (unpaired) electrons. The Labute approximate surface area is 302 Å². The van der Waals surface area contributed by atoms with Crippen molar-refractivity contribution in [1.82, 2.24) is 34.8 Å². The van der Waals surface area contributed by atoms with E-state index in [0.29, 0.717) is 61.9 Å². The first-order chi connectivity index (χ1) is 24.0. The van der Waals surface area contributed by atoms with Crippen molar-refractivity contribution >= 4 is 29.6 Å². The zero-order chi connectivity index (χ0) is 37.7. The van der Waals surface area contributed by atoms with E-state index in [1.807, 2.05) is 13.8 Å². The van der Waals surface area contributed by atoms with Crippen molar-refractivity contribution in [3.05, 3.63) is 77.3 Å². The zero-order valence-electron chi connectivity index (χ0n) is 30.2. The summed E-state index contributed by atoms with van der Waals surface area (Å²) >= 11 is 6.46. The summed E-state index contributed by atoms with van der Waals surface area (Å²) in [6.45, 7) is 15.0. The van der Waals surface area contributed by atoms with E-state index in [9.17, 15) is 18.4 Å². The lowest BCUT2D eigenvalue weighted by Gasteiger charge is -2.45. The molecule has 4 aromatic rings. The highest BCUT2D eigenvalue weighted by Gasteiger charge is 2.42. The molecule has 2 aromatic heterocycles. The van der Waals surface area contributed by atoms with Crippen LogP contribution in [-0.2, 0) is 9.53 Å². The Morgan fingerprint density at radius 3 is 2.29 bits per heavy atom. The molecule has 0 bridgehead atoms. The monoisotopic (exact) mass is 725 g/mol. The molecule has 2 aromatic carbocycles. The normalized spacial score (nSPS) is 17.1. The van der Waals surface area contributed by atoms with Crippen molar-refractivity contribution in [2.75, 3.05) is 19.7 Å². The number of benzene rings is 2. The molecule has 0 unspecified atom stereocenters. The Kier molecular flexibility index (Phi) is 12.2. The van der Waals surface area contributed by atoms with E-state index in [-0.39, 0.29) is 18.0 Å². The molecular formula is C36H46ClF2N9O3. The Hall–Kier alpha value is -4.85. The van der Waals surface area contributed by atoms with Gasteiger partial charge in [0.25, 0.3) is 5.91 Å². The third-order valence-electron chi connectivity index (χ3n) is 7.56. The number of H-pyrrole nitrogens is 1. The van der Waals surface area contributed by atoms with Crippen LogP contribution in [0.3, 0.4) is 0 Å². The first kappa shape index (κ1) is 38.9. The van der Waals surface area contributed by atoms with Gasteiger partial charge in [-0.1, -0.05) is 97.3 Å². The lowest BCUT2D eigenvalue weighted by molar-refractivity contribution is -0.130. The maximum Gasteiger partial charge on any atom is 0.409 e. The van der Waals surface area contributed by atoms with Gasteiger partial charge in [0.05, 0.1) is 17.3 Å². The number of carbonyl (C=O) groups excluding carboxylic acids is 2. The number of carbonyl (C=O) groups is 2. The molecule has 274 valence electrons. The van der Waals surface area contributed by atoms with Crippen molar-refractivity contribution in [1.29, 1.82) is 0 Å². The first-order valence-electron chi connectivity index (χ1n) is 16.7. The summed E-state index contributed by atoms with van der Waals surface area (Å²) < 4.78 is 32.2. The third kappa shape index (κ3) is 9.69. The Balaban J connectivity index is 0.000000768. The van der Waals surface area contributed by atoms with Gasteiger partial charge in [0, 0.05) is 35.8 Å². The maximum atomic E-state index is 13.9. The summed E-state index contributed by atoms with van der Waals surface area (Å²) in [5, 5.41) is 10.7. The number of hydrogen-bond donors (Lipinski definition) is 2. The summed E-state index contributed by atoms with van der Waals surface area (Å²) in [5.74, 6) is -0.0606. The first-order valence-corrected chi connectivity index (χ1v) is 17.0. The molecule has 2 atom stereocenters. The van der Waals surface area contributed by atoms with Crippen LogP contribution in [0.1, 0.15) is 85.1 Å². The fraction of sp³-hybridized carbons (Fsp3) is 0.444. The van der Waals surface area contributed by atoms with Gasteiger partial charge in [-0.3, -0.25) is 14.8 Å². The summed E-state index contributed by atoms with van der Waals surface area (Å²) in [5.41, 5.74) is 9.66. The highest BCUT2D eigenvalue weighted by atomic mass is 35.5. The highest BCUT2D eigenvalue weighted by Crippen LogP contribution is 2.36. The molecule has 51 heavy (non-hydrogen) atoms. The van der Waals surface area contributed by atoms with Gasteiger partial charge in [-0.2, -0.15) is 19.0 Å². The predicted octanol–water partition coefficient (Wildman–Crippen LogP) is 7.88. The fourth-order valence-corrected chi connectivity index (χ4v) is 5.63. The van der Waals surface area contributed by atoms with Crippen molar-refractivity contribution in [3.8, 4) is 22.5 Å². The number of aromatic amines is 1. The van der Waals surface area contributed by atoms with E-state index in [2.05, 4.69) is 66.8 Å². The average Bonchev–Trinajstić information content (AvgIpc) is 3.83. The number of alkyl halides is 2. The number of nitrogens with zero attached hydrogens (tertiary/aromatic N) is 7. The number of aliphatic imine (C=N–C) groups is 1. The smallest absolute Gasteiger partial charge is 0.409 e. The number of hydrogen-bond acceptors (Lipinski definition) is 8. The van der Waals surface area contributed by atoms with Crippen LogP contribution in [0.4, 0.5) is 13.6 Å². The van der Waals surface area contributed by atoms with E-state index >= 15 is 0 Å². The quantitative estimate of drug-likeness (QED) is 0.188. The highest BCUT2D eigenvalue weighted by molar-refractivity contribution is 6.33. The molecule has 15 heteroatoms. The van der Waals surface area contributed by atoms with Crippen LogP contribution in [0.15, 0.2) is 66.2 Å². The van der Waals surface area contributed by atoms with E-state index in [0.717, 1.165) is 0 Å². The zero-order valence-corrected chi connectivity index (χ0v) is 30.9. The second-order valence-corrected chi connectivity index (χ2v) is 14.8. The Bertz CT molecular complexity index is 1810. The van der Waals surface area contributed by atoms with Crippen LogP contribution >= 0.6 is 11.6 Å². The number of halogens is 3. The SMILES string of the molecule is CC.CC(C)(C)C.CC1(C)CN(C(=O)OC[C@H](c2ccc(Cl)c(-c3ncn[nH]3)c2)N2C(=O)[C@@H](c3ccc(-c4cnn(C(F)F)c4)cc3)N=C2N)C1. The topological polar surface area (TPSA) is 148 Å². The van der Waals surface area contributed by atoms with E-state index in [1.165, 1.54) is 23.6 Å². The maximum absolute atomic E-state index is 13.9. The predicted molar refractivity (Wildman–Crippen MR) is 193 cm³/mol. The number of ether oxygens (including phenoxy) is 1. The van der Waals surface area contributed by atoms with Gasteiger partial charge >= 0.3 is 12.6 Å². The number of likely N-dealkylation sites (tertiary alicyclic amines) is 1. The van der Waals surface area contributed by atoms with Gasteiger partial charge in [0.1, 0.15) is 12.9 Å². The lowest BCUT2D eigenvalue weighted by atomic mass is 9.85. The summed E-state index contributed by atoms with van der Waals surface area (Å²) in [7, 11) is 0. The molecule has 2 aliphatic heterocycles. The molecule has 2 aliphatic rings. The molecule has 12 nitrogen and oxygen atoms in total. The molecule has 0 aliphatic carbocycles. The lowest BCUT2D eigenvalue weighted by Crippen LogP contribution is -2.55. The number of aromatic nitrogens is 5. The minimum atomic E-state index is -2.75. The minimum Gasteiger partial charge on any atom is -0.447 e. The van der Waals surface area contributed by atoms with Gasteiger partial charge in [-0.05, 0) is 34.2 Å². The van der Waals surface area contributed by atoms with Crippen molar-refractivity contribution in [3.63, 3.8) is 0 Å². The summed E-state index contributed by atoms with van der Waals surface area (Å²) in [4.78, 5) is 38.3. The van der Waals surface area contributed by atoms with Gasteiger partial charge < -0.3 is 15.4 Å². The van der Waals surface area contributed by atoms with E-state index in [4.69, 9.17) is 22.1 Å². The number of guanidine groups is 1. The number of nitrogens with one attached hydrogen (secondary N) is 1. The molecule has 1 saturated heterocycles. The molecule has 0 spiro atoms. The van der Waals surface area contributed by atoms with Crippen molar-refractivity contribution in [2.45, 2.75) is 74.0 Å². The molecule has 6 rings (SSSR count). The molecule has 2 amide bonds. The Morgan fingerprint density at radius 2 is 1.75 bits per heavy atom. The van der Waals surface area contributed by atoms with Crippen LogP contribution in [0.5, 0.6) is 0 Å². The second kappa shape index (κ2) is 16.0. The molecule has 4 heterocycles. The molecular weight excluding hydrogens is 680 g/mol. The third-order valence-corrected chi connectivity index (χ3v) is 7.89. The number of nitrogens with two attached hydrogens (primary N) is 1. The van der Waals surface area contributed by atoms with Crippen LogP contribution in [-0.4, -0.2) is 72.4 Å². The second-order valence-electron chi connectivity index (χ2n) is 14.4. The largest absolute Gasteiger partial charge is 0.447 e. The summed E-state index contributed by atoms with van der Waals surface area (Å²) in [6, 6.07) is 10.1. The number of amides is 2. The molecule has 1 fully saturated rings. The van der Waals surface area contributed by atoms with E-state index < -0.39 is 30.6 Å². The van der Waals surface area contributed by atoms with Crippen molar-refractivity contribution in [2.24, 2.45) is 21.6 Å². The number of rotatable bonds is 8. The Morgan fingerprint density at radius 1 is 1.10 bits per heavy atom. The van der Waals surface area contributed by atoms with E-state index in [1.54, 1.807) is 47.4 Å². The van der Waals surface area contributed by atoms with Gasteiger partial charge in [-0.25, -0.2) is 19.5 Å². The molecule has 3 N–H and O–H groups in total. The average molecular weight is 726 g/mol. The standard InChI is InChI=1S/C29H28ClF2N9O3.C5H12.C2H6/c1-29(2)13-39(14-29)28(43)44-12-22(18-7-8-21(30)20(9-18)24-34-15-35-38-24)41-25(42)23(37-27(41)33)17-5-3-16(4-6-17)19-10-36-40(11-19)26(31)32;1-5(2,3)4;1-2/h3-11,15,22-23,26H,12-14H2,1-2H3,(H2,33,37)(H,34,35,38);1-4H3;1-2H3/t22-,23-;;/m1../s1. The van der Waals surface area contributed by atoms with Gasteiger partial charge in [0.2, 0.25) is 0 Å². The van der Waals surface area contributed by atoms with Crippen LogP contribution in [0.25, 0.3) is 22.5 Å². The van der Waals surface area contributed by atoms with Crippen LogP contribution < -0.4 is 5.73 Å². The summed E-state index contributed by atoms with van der Waals surface area (Å²) in [6.07, 6.45) is 3.43. The molecule has 0 saturated carbocycles. The van der Waals surface area contributed by atoms with Crippen LogP contribution in [0, 0.1) is 10.8 Å². The fourth-order valence-electron chi connectivity index (χ4n) is 5.42. The van der Waals surface area contributed by atoms with Gasteiger partial charge in [0.15, 0.2) is 17.8 Å². The minimum absolute atomic E-state index is 0.00869. The van der Waals surface area contributed by atoms with Crippen LogP contribution in [0.2, 0.25) is 5.02 Å².